The number of anilines is 1. The molecule has 8 heteroatoms. The van der Waals surface area contributed by atoms with Gasteiger partial charge < -0.3 is 15.5 Å². The van der Waals surface area contributed by atoms with E-state index in [0.29, 0.717) is 36.0 Å². The number of β-amino-alcohol motifs (C(OH)–C–C–N with tert-alkyl or cyclic N) is 1. The fraction of sp³-hybridized carbons (Fsp3) is 0.455. The van der Waals surface area contributed by atoms with E-state index in [0.717, 1.165) is 31.5 Å². The minimum absolute atomic E-state index is 0.0300. The summed E-state index contributed by atoms with van der Waals surface area (Å²) in [4.78, 5) is 2.19. The third-order valence-electron chi connectivity index (χ3n) is 6.13. The predicted molar refractivity (Wildman–Crippen MR) is 112 cm³/mol. The number of aromatic hydroxyl groups is 1. The van der Waals surface area contributed by atoms with Crippen molar-refractivity contribution in [2.45, 2.75) is 44.2 Å². The SMILES string of the molecule is CCN1C[C@@H](O)C[C@@H](Nc2nnc(-c3c(O)cc(C4CC4)cc3F)c3cccn23)C1. The Labute approximate surface area is 174 Å². The lowest BCUT2D eigenvalue weighted by Crippen LogP contribution is -2.48. The van der Waals surface area contributed by atoms with Gasteiger partial charge in [0.25, 0.3) is 0 Å². The van der Waals surface area contributed by atoms with Gasteiger partial charge in [0.05, 0.1) is 17.2 Å². The Hall–Kier alpha value is -2.71. The zero-order chi connectivity index (χ0) is 20.8. The van der Waals surface area contributed by atoms with Gasteiger partial charge in [0, 0.05) is 25.3 Å². The maximum Gasteiger partial charge on any atom is 0.228 e. The summed E-state index contributed by atoms with van der Waals surface area (Å²) in [5, 5.41) is 32.7. The topological polar surface area (TPSA) is 85.9 Å². The van der Waals surface area contributed by atoms with E-state index >= 15 is 0 Å². The largest absolute Gasteiger partial charge is 0.507 e. The molecular weight excluding hydrogens is 385 g/mol. The van der Waals surface area contributed by atoms with E-state index in [9.17, 15) is 14.6 Å². The normalized spacial score (nSPS) is 22.5. The monoisotopic (exact) mass is 411 g/mol. The van der Waals surface area contributed by atoms with Crippen LogP contribution in [-0.4, -0.2) is 61.5 Å². The number of piperidine rings is 1. The maximum absolute atomic E-state index is 14.9. The van der Waals surface area contributed by atoms with Crippen LogP contribution in [0.15, 0.2) is 30.5 Å². The number of likely N-dealkylation sites (N-methyl/N-ethyl adjacent to an activating group) is 1. The Bertz CT molecular complexity index is 1060. The van der Waals surface area contributed by atoms with Gasteiger partial charge in [-0.05, 0) is 61.6 Å². The minimum Gasteiger partial charge on any atom is -0.507 e. The average Bonchev–Trinajstić information content (AvgIpc) is 3.44. The van der Waals surface area contributed by atoms with E-state index in [4.69, 9.17) is 0 Å². The summed E-state index contributed by atoms with van der Waals surface area (Å²) in [5.74, 6) is 0.287. The minimum atomic E-state index is -0.482. The molecule has 1 saturated carbocycles. The van der Waals surface area contributed by atoms with Crippen LogP contribution in [0.5, 0.6) is 5.75 Å². The van der Waals surface area contributed by atoms with Gasteiger partial charge in [0.2, 0.25) is 5.95 Å². The Morgan fingerprint density at radius 2 is 2.07 bits per heavy atom. The summed E-state index contributed by atoms with van der Waals surface area (Å²) < 4.78 is 16.7. The smallest absolute Gasteiger partial charge is 0.228 e. The molecule has 2 atom stereocenters. The average molecular weight is 411 g/mol. The van der Waals surface area contributed by atoms with Crippen LogP contribution in [0.25, 0.3) is 16.8 Å². The first kappa shape index (κ1) is 19.3. The molecule has 1 aromatic carbocycles. The van der Waals surface area contributed by atoms with Crippen molar-refractivity contribution < 1.29 is 14.6 Å². The van der Waals surface area contributed by atoms with Crippen molar-refractivity contribution in [3.63, 3.8) is 0 Å². The molecule has 0 amide bonds. The number of aliphatic hydroxyl groups is 1. The highest BCUT2D eigenvalue weighted by molar-refractivity contribution is 5.81. The highest BCUT2D eigenvalue weighted by Crippen LogP contribution is 2.44. The number of aliphatic hydroxyl groups excluding tert-OH is 1. The first-order chi connectivity index (χ1) is 14.5. The molecule has 158 valence electrons. The van der Waals surface area contributed by atoms with Gasteiger partial charge in [-0.3, -0.25) is 9.30 Å². The van der Waals surface area contributed by atoms with Crippen molar-refractivity contribution in [1.29, 1.82) is 0 Å². The number of benzene rings is 1. The summed E-state index contributed by atoms with van der Waals surface area (Å²) in [6, 6.07) is 6.85. The van der Waals surface area contributed by atoms with E-state index in [2.05, 4.69) is 27.3 Å². The molecule has 2 fully saturated rings. The second-order valence-electron chi connectivity index (χ2n) is 8.39. The van der Waals surface area contributed by atoms with Crippen molar-refractivity contribution in [3.05, 3.63) is 41.8 Å². The van der Waals surface area contributed by atoms with Crippen LogP contribution in [0.4, 0.5) is 10.3 Å². The second kappa shape index (κ2) is 7.52. The van der Waals surface area contributed by atoms with Gasteiger partial charge in [-0.25, -0.2) is 4.39 Å². The molecular formula is C22H26FN5O2. The third kappa shape index (κ3) is 3.50. The van der Waals surface area contributed by atoms with Crippen molar-refractivity contribution in [3.8, 4) is 17.0 Å². The first-order valence-electron chi connectivity index (χ1n) is 10.6. The van der Waals surface area contributed by atoms with Crippen LogP contribution in [-0.2, 0) is 0 Å². The molecule has 0 radical (unpaired) electrons. The summed E-state index contributed by atoms with van der Waals surface area (Å²) in [6.45, 7) is 4.42. The van der Waals surface area contributed by atoms with Crippen molar-refractivity contribution in [2.24, 2.45) is 0 Å². The van der Waals surface area contributed by atoms with Crippen molar-refractivity contribution in [1.82, 2.24) is 19.5 Å². The van der Waals surface area contributed by atoms with Crippen molar-refractivity contribution >= 4 is 11.5 Å². The highest BCUT2D eigenvalue weighted by Gasteiger charge is 2.28. The summed E-state index contributed by atoms with van der Waals surface area (Å²) in [5.41, 5.74) is 1.88. The standard InChI is InChI=1S/C22H26FN5O2/c1-2-27-11-15(10-16(29)12-27)24-22-26-25-21(18-4-3-7-28(18)22)20-17(23)8-14(9-19(20)30)13-5-6-13/h3-4,7-9,13,15-16,29-30H,2,5-6,10-12H2,1H3,(H,24,26)/t15-,16+/m1/s1. The molecule has 1 aliphatic carbocycles. The predicted octanol–water partition coefficient (Wildman–Crippen LogP) is 2.99. The summed E-state index contributed by atoms with van der Waals surface area (Å²) in [6.07, 6.45) is 4.14. The Kier molecular flexibility index (Phi) is 4.83. The number of halogens is 1. The third-order valence-corrected chi connectivity index (χ3v) is 6.13. The Balaban J connectivity index is 1.49. The van der Waals surface area contributed by atoms with Gasteiger partial charge in [-0.1, -0.05) is 6.92 Å². The molecule has 3 aromatic rings. The van der Waals surface area contributed by atoms with Crippen LogP contribution in [0.3, 0.4) is 0 Å². The number of hydrogen-bond donors (Lipinski definition) is 3. The molecule has 3 heterocycles. The molecule has 0 unspecified atom stereocenters. The first-order valence-corrected chi connectivity index (χ1v) is 10.6. The van der Waals surface area contributed by atoms with Crippen LogP contribution in [0, 0.1) is 5.82 Å². The lowest BCUT2D eigenvalue weighted by atomic mass is 10.0. The number of aromatic nitrogens is 3. The lowest BCUT2D eigenvalue weighted by Gasteiger charge is -2.35. The maximum atomic E-state index is 14.9. The zero-order valence-electron chi connectivity index (χ0n) is 16.9. The summed E-state index contributed by atoms with van der Waals surface area (Å²) in [7, 11) is 0. The molecule has 3 N–H and O–H groups in total. The number of fused-ring (bicyclic) bond motifs is 1. The molecule has 5 rings (SSSR count). The van der Waals surface area contributed by atoms with Crippen molar-refractivity contribution in [2.75, 3.05) is 25.0 Å². The fourth-order valence-electron chi connectivity index (χ4n) is 4.44. The molecule has 1 aliphatic heterocycles. The van der Waals surface area contributed by atoms with Crippen LogP contribution >= 0.6 is 0 Å². The van der Waals surface area contributed by atoms with E-state index in [1.807, 2.05) is 22.7 Å². The number of phenolic OH excluding ortho intramolecular Hbond substituents is 1. The Morgan fingerprint density at radius 1 is 1.23 bits per heavy atom. The summed E-state index contributed by atoms with van der Waals surface area (Å²) >= 11 is 0. The zero-order valence-corrected chi connectivity index (χ0v) is 16.9. The van der Waals surface area contributed by atoms with Crippen LogP contribution in [0.2, 0.25) is 0 Å². The number of nitrogens with one attached hydrogen (secondary N) is 1. The molecule has 7 nitrogen and oxygen atoms in total. The molecule has 0 bridgehead atoms. The van der Waals surface area contributed by atoms with Gasteiger partial charge in [-0.2, -0.15) is 0 Å². The van der Waals surface area contributed by atoms with E-state index in [1.165, 1.54) is 6.07 Å². The molecule has 2 aliphatic rings. The number of rotatable bonds is 5. The molecule has 2 aromatic heterocycles. The molecule has 0 spiro atoms. The van der Waals surface area contributed by atoms with Gasteiger partial charge in [-0.15, -0.1) is 10.2 Å². The van der Waals surface area contributed by atoms with E-state index in [1.54, 1.807) is 6.07 Å². The number of nitrogens with zero attached hydrogens (tertiary/aromatic N) is 4. The Morgan fingerprint density at radius 3 is 2.80 bits per heavy atom. The van der Waals surface area contributed by atoms with E-state index < -0.39 is 5.82 Å². The van der Waals surface area contributed by atoms with Crippen LogP contribution in [0.1, 0.15) is 37.7 Å². The number of likely N-dealkylation sites (tertiary alicyclic amines) is 1. The number of phenols is 1. The fourth-order valence-corrected chi connectivity index (χ4v) is 4.44. The molecule has 1 saturated heterocycles. The highest BCUT2D eigenvalue weighted by atomic mass is 19.1. The quantitative estimate of drug-likeness (QED) is 0.599. The lowest BCUT2D eigenvalue weighted by molar-refractivity contribution is 0.0670. The van der Waals surface area contributed by atoms with Gasteiger partial charge >= 0.3 is 0 Å². The van der Waals surface area contributed by atoms with Gasteiger partial charge in [0.15, 0.2) is 0 Å². The molecule has 30 heavy (non-hydrogen) atoms. The number of hydrogen-bond acceptors (Lipinski definition) is 6. The van der Waals surface area contributed by atoms with Crippen LogP contribution < -0.4 is 5.32 Å². The van der Waals surface area contributed by atoms with E-state index in [-0.39, 0.29) is 23.5 Å². The second-order valence-corrected chi connectivity index (χ2v) is 8.39. The van der Waals surface area contributed by atoms with Gasteiger partial charge in [0.1, 0.15) is 17.3 Å².